The fraction of sp³-hybridized carbons (Fsp3) is 0.375. The lowest BCUT2D eigenvalue weighted by atomic mass is 9.93. The van der Waals surface area contributed by atoms with Gasteiger partial charge in [0.05, 0.1) is 11.6 Å². The van der Waals surface area contributed by atoms with Gasteiger partial charge in [-0.2, -0.15) is 0 Å². The molecule has 0 aliphatic heterocycles. The Bertz CT molecular complexity index is 1060. The van der Waals surface area contributed by atoms with E-state index in [9.17, 15) is 14.3 Å². The van der Waals surface area contributed by atoms with Crippen molar-refractivity contribution in [1.82, 2.24) is 9.97 Å². The third-order valence-electron chi connectivity index (χ3n) is 5.86. The maximum Gasteiger partial charge on any atom is 0.223 e. The third kappa shape index (κ3) is 4.82. The Hall–Kier alpha value is -2.86. The normalized spacial score (nSPS) is 19.0. The molecule has 4 rings (SSSR count). The fourth-order valence-electron chi connectivity index (χ4n) is 4.00. The Morgan fingerprint density at radius 1 is 1.17 bits per heavy atom. The van der Waals surface area contributed by atoms with Crippen LogP contribution in [0, 0.1) is 12.7 Å². The Morgan fingerprint density at radius 3 is 2.73 bits per heavy atom. The Balaban J connectivity index is 1.45. The van der Waals surface area contributed by atoms with E-state index >= 15 is 0 Å². The van der Waals surface area contributed by atoms with Crippen LogP contribution in [0.25, 0.3) is 10.9 Å². The minimum absolute atomic E-state index is 0.0371. The molecule has 0 amide bonds. The fourth-order valence-corrected chi connectivity index (χ4v) is 4.00. The quantitative estimate of drug-likeness (QED) is 0.584. The molecule has 5 nitrogen and oxygen atoms in total. The van der Waals surface area contributed by atoms with Gasteiger partial charge in [0.25, 0.3) is 0 Å². The number of aliphatic hydroxyl groups is 1. The predicted molar refractivity (Wildman–Crippen MR) is 115 cm³/mol. The molecule has 6 heteroatoms. The van der Waals surface area contributed by atoms with Crippen molar-refractivity contribution in [3.05, 3.63) is 65.1 Å². The number of carbonyl (C=O) groups is 1. The van der Waals surface area contributed by atoms with Crippen molar-refractivity contribution < 1.29 is 14.3 Å². The highest BCUT2D eigenvalue weighted by atomic mass is 19.1. The standard InChI is InChI=1S/C24H26FN3O2/c1-15-12-19(25)6-4-16(15)5-11-23(30)17-2-3-18-14-26-24(28-22(18)13-17)27-20-7-9-21(29)10-8-20/h2-4,6,12-14,20-21,29H,5,7-11H2,1H3,(H,26,27,28). The maximum absolute atomic E-state index is 13.3. The number of ketones is 1. The van der Waals surface area contributed by atoms with Gasteiger partial charge in [-0.05, 0) is 68.4 Å². The van der Waals surface area contributed by atoms with Gasteiger partial charge in [0.15, 0.2) is 5.78 Å². The molecule has 30 heavy (non-hydrogen) atoms. The van der Waals surface area contributed by atoms with Crippen LogP contribution in [0.4, 0.5) is 10.3 Å². The first kappa shape index (κ1) is 20.4. The Morgan fingerprint density at radius 2 is 1.97 bits per heavy atom. The highest BCUT2D eigenvalue weighted by molar-refractivity contribution is 5.99. The minimum atomic E-state index is -0.259. The second-order valence-electron chi connectivity index (χ2n) is 8.11. The molecule has 0 atom stereocenters. The smallest absolute Gasteiger partial charge is 0.223 e. The van der Waals surface area contributed by atoms with Crippen LogP contribution in [0.5, 0.6) is 0 Å². The molecular formula is C24H26FN3O2. The second kappa shape index (κ2) is 8.88. The number of aromatic nitrogens is 2. The second-order valence-corrected chi connectivity index (χ2v) is 8.11. The van der Waals surface area contributed by atoms with Crippen molar-refractivity contribution in [2.75, 3.05) is 5.32 Å². The number of benzene rings is 2. The van der Waals surface area contributed by atoms with Crippen molar-refractivity contribution in [3.8, 4) is 0 Å². The van der Waals surface area contributed by atoms with Crippen LogP contribution >= 0.6 is 0 Å². The molecule has 0 saturated heterocycles. The Kier molecular flexibility index (Phi) is 6.04. The summed E-state index contributed by atoms with van der Waals surface area (Å²) in [5.41, 5.74) is 3.19. The van der Waals surface area contributed by atoms with Gasteiger partial charge in [-0.3, -0.25) is 4.79 Å². The summed E-state index contributed by atoms with van der Waals surface area (Å²) in [5, 5.41) is 13.9. The summed E-state index contributed by atoms with van der Waals surface area (Å²) >= 11 is 0. The molecule has 1 aliphatic carbocycles. The largest absolute Gasteiger partial charge is 0.393 e. The molecule has 1 heterocycles. The van der Waals surface area contributed by atoms with Gasteiger partial charge in [0.2, 0.25) is 5.95 Å². The number of Topliss-reactive ketones (excluding diaryl/α,β-unsaturated/α-hetero) is 1. The van der Waals surface area contributed by atoms with Crippen LogP contribution < -0.4 is 5.32 Å². The van der Waals surface area contributed by atoms with E-state index in [1.54, 1.807) is 18.3 Å². The van der Waals surface area contributed by atoms with Gasteiger partial charge in [0, 0.05) is 29.6 Å². The first-order valence-electron chi connectivity index (χ1n) is 10.5. The lowest BCUT2D eigenvalue weighted by Crippen LogP contribution is -2.28. The summed E-state index contributed by atoms with van der Waals surface area (Å²) in [4.78, 5) is 21.7. The number of nitrogens with zero attached hydrogens (tertiary/aromatic N) is 2. The molecule has 1 aromatic heterocycles. The van der Waals surface area contributed by atoms with E-state index in [-0.39, 0.29) is 23.7 Å². The van der Waals surface area contributed by atoms with Gasteiger partial charge in [0.1, 0.15) is 5.82 Å². The van der Waals surface area contributed by atoms with E-state index in [1.807, 2.05) is 19.1 Å². The van der Waals surface area contributed by atoms with E-state index in [2.05, 4.69) is 15.3 Å². The number of hydrogen-bond acceptors (Lipinski definition) is 5. The topological polar surface area (TPSA) is 75.1 Å². The van der Waals surface area contributed by atoms with Gasteiger partial charge in [-0.15, -0.1) is 0 Å². The summed E-state index contributed by atoms with van der Waals surface area (Å²) in [6.07, 6.45) is 5.86. The zero-order valence-electron chi connectivity index (χ0n) is 17.1. The molecule has 0 bridgehead atoms. The number of halogens is 1. The van der Waals surface area contributed by atoms with E-state index < -0.39 is 0 Å². The number of aryl methyl sites for hydroxylation is 2. The van der Waals surface area contributed by atoms with Crippen molar-refractivity contribution in [1.29, 1.82) is 0 Å². The molecule has 156 valence electrons. The summed E-state index contributed by atoms with van der Waals surface area (Å²) in [7, 11) is 0. The van der Waals surface area contributed by atoms with Gasteiger partial charge < -0.3 is 10.4 Å². The molecule has 2 aromatic carbocycles. The molecule has 2 N–H and O–H groups in total. The summed E-state index contributed by atoms with van der Waals surface area (Å²) < 4.78 is 13.3. The summed E-state index contributed by atoms with van der Waals surface area (Å²) in [5.74, 6) is 0.330. The lowest BCUT2D eigenvalue weighted by Gasteiger charge is -2.26. The van der Waals surface area contributed by atoms with Gasteiger partial charge in [-0.25, -0.2) is 14.4 Å². The Labute approximate surface area is 175 Å². The van der Waals surface area contributed by atoms with E-state index in [0.29, 0.717) is 24.4 Å². The van der Waals surface area contributed by atoms with Crippen LogP contribution in [0.15, 0.2) is 42.6 Å². The van der Waals surface area contributed by atoms with Crippen molar-refractivity contribution in [2.45, 2.75) is 57.6 Å². The van der Waals surface area contributed by atoms with Crippen LogP contribution in [0.1, 0.15) is 53.6 Å². The van der Waals surface area contributed by atoms with Crippen LogP contribution in [-0.2, 0) is 6.42 Å². The van der Waals surface area contributed by atoms with Crippen LogP contribution in [0.3, 0.4) is 0 Å². The monoisotopic (exact) mass is 407 g/mol. The zero-order valence-corrected chi connectivity index (χ0v) is 17.1. The molecular weight excluding hydrogens is 381 g/mol. The number of nitrogens with one attached hydrogen (secondary N) is 1. The molecule has 1 aliphatic rings. The molecule has 1 saturated carbocycles. The van der Waals surface area contributed by atoms with Crippen molar-refractivity contribution >= 4 is 22.6 Å². The number of carbonyl (C=O) groups excluding carboxylic acids is 1. The van der Waals surface area contributed by atoms with E-state index in [4.69, 9.17) is 0 Å². The number of anilines is 1. The van der Waals surface area contributed by atoms with Gasteiger partial charge in [-0.1, -0.05) is 18.2 Å². The first-order valence-corrected chi connectivity index (χ1v) is 10.5. The number of rotatable bonds is 6. The number of hydrogen-bond donors (Lipinski definition) is 2. The number of aliphatic hydroxyl groups excluding tert-OH is 1. The molecule has 0 unspecified atom stereocenters. The SMILES string of the molecule is Cc1cc(F)ccc1CCC(=O)c1ccc2cnc(NC3CCC(O)CC3)nc2c1. The maximum atomic E-state index is 13.3. The molecule has 1 fully saturated rings. The minimum Gasteiger partial charge on any atom is -0.393 e. The lowest BCUT2D eigenvalue weighted by molar-refractivity contribution is 0.0983. The zero-order chi connectivity index (χ0) is 21.1. The van der Waals surface area contributed by atoms with Crippen LogP contribution in [0.2, 0.25) is 0 Å². The van der Waals surface area contributed by atoms with Gasteiger partial charge >= 0.3 is 0 Å². The van der Waals surface area contributed by atoms with Crippen LogP contribution in [-0.4, -0.2) is 33.0 Å². The van der Waals surface area contributed by atoms with E-state index in [0.717, 1.165) is 47.7 Å². The average molecular weight is 407 g/mol. The summed E-state index contributed by atoms with van der Waals surface area (Å²) in [6, 6.07) is 10.4. The summed E-state index contributed by atoms with van der Waals surface area (Å²) in [6.45, 7) is 1.86. The molecule has 0 spiro atoms. The van der Waals surface area contributed by atoms with Crippen molar-refractivity contribution in [2.24, 2.45) is 0 Å². The van der Waals surface area contributed by atoms with Crippen molar-refractivity contribution in [3.63, 3.8) is 0 Å². The average Bonchev–Trinajstić information content (AvgIpc) is 2.74. The number of fused-ring (bicyclic) bond motifs is 1. The van der Waals surface area contributed by atoms with E-state index in [1.165, 1.54) is 12.1 Å². The predicted octanol–water partition coefficient (Wildman–Crippen LogP) is 4.61. The molecule has 3 aromatic rings. The molecule has 0 radical (unpaired) electrons. The first-order chi connectivity index (χ1) is 14.5. The highest BCUT2D eigenvalue weighted by Gasteiger charge is 2.20. The third-order valence-corrected chi connectivity index (χ3v) is 5.86. The highest BCUT2D eigenvalue weighted by Crippen LogP contribution is 2.22.